The van der Waals surface area contributed by atoms with Crippen LogP contribution in [0.1, 0.15) is 5.56 Å². The molecule has 0 aliphatic heterocycles. The number of hydrogen-bond acceptors (Lipinski definition) is 2. The second-order valence-electron chi connectivity index (χ2n) is 3.66. The lowest BCUT2D eigenvalue weighted by atomic mass is 10.2. The van der Waals surface area contributed by atoms with E-state index in [2.05, 4.69) is 22.6 Å². The van der Waals surface area contributed by atoms with Crippen molar-refractivity contribution >= 4 is 22.6 Å². The molecule has 0 saturated heterocycles. The molecule has 0 spiro atoms. The number of pyridine rings is 1. The van der Waals surface area contributed by atoms with E-state index in [0.29, 0.717) is 6.54 Å². The van der Waals surface area contributed by atoms with Crippen molar-refractivity contribution in [3.63, 3.8) is 0 Å². The van der Waals surface area contributed by atoms with Gasteiger partial charge in [0.1, 0.15) is 5.75 Å². The molecule has 1 heterocycles. The van der Waals surface area contributed by atoms with Gasteiger partial charge >= 0.3 is 0 Å². The summed E-state index contributed by atoms with van der Waals surface area (Å²) in [6.07, 6.45) is 1.81. The van der Waals surface area contributed by atoms with Crippen molar-refractivity contribution in [2.24, 2.45) is 0 Å². The topological polar surface area (TPSA) is 31.2 Å². The standard InChI is InChI=1S/C13H12INO2/c1-17-12-4-2-10(3-5-12)9-15-7-6-11(14)8-13(15)16/h2-8H,9H2,1H3. The molecule has 0 amide bonds. The largest absolute Gasteiger partial charge is 0.497 e. The van der Waals surface area contributed by atoms with Gasteiger partial charge in [-0.1, -0.05) is 12.1 Å². The van der Waals surface area contributed by atoms with E-state index in [9.17, 15) is 4.79 Å². The van der Waals surface area contributed by atoms with E-state index in [1.165, 1.54) is 0 Å². The number of halogens is 1. The molecule has 0 fully saturated rings. The lowest BCUT2D eigenvalue weighted by Gasteiger charge is -2.06. The molecular weight excluding hydrogens is 329 g/mol. The number of rotatable bonds is 3. The van der Waals surface area contributed by atoms with Crippen LogP contribution in [-0.4, -0.2) is 11.7 Å². The van der Waals surface area contributed by atoms with E-state index >= 15 is 0 Å². The molecule has 0 unspecified atom stereocenters. The van der Waals surface area contributed by atoms with Crippen LogP contribution in [0, 0.1) is 3.57 Å². The first kappa shape index (κ1) is 12.2. The van der Waals surface area contributed by atoms with Gasteiger partial charge in [-0.3, -0.25) is 4.79 Å². The van der Waals surface area contributed by atoms with Gasteiger partial charge in [0, 0.05) is 15.8 Å². The molecule has 0 radical (unpaired) electrons. The average molecular weight is 341 g/mol. The minimum atomic E-state index is 0.0210. The number of benzene rings is 1. The number of hydrogen-bond donors (Lipinski definition) is 0. The van der Waals surface area contributed by atoms with E-state index in [1.807, 2.05) is 36.5 Å². The SMILES string of the molecule is COc1ccc(Cn2ccc(I)cc2=O)cc1. The van der Waals surface area contributed by atoms with Gasteiger partial charge in [0.15, 0.2) is 0 Å². The molecule has 0 saturated carbocycles. The third-order valence-electron chi connectivity index (χ3n) is 2.47. The van der Waals surface area contributed by atoms with Gasteiger partial charge in [-0.05, 0) is 46.4 Å². The molecule has 3 nitrogen and oxygen atoms in total. The van der Waals surface area contributed by atoms with Crippen LogP contribution in [0.15, 0.2) is 47.4 Å². The van der Waals surface area contributed by atoms with Crippen LogP contribution >= 0.6 is 22.6 Å². The fourth-order valence-electron chi connectivity index (χ4n) is 1.54. The highest BCUT2D eigenvalue weighted by atomic mass is 127. The third kappa shape index (κ3) is 3.09. The van der Waals surface area contributed by atoms with E-state index in [-0.39, 0.29) is 5.56 Å². The van der Waals surface area contributed by atoms with Crippen LogP contribution in [0.5, 0.6) is 5.75 Å². The van der Waals surface area contributed by atoms with Crippen molar-refractivity contribution in [1.29, 1.82) is 0 Å². The highest BCUT2D eigenvalue weighted by Gasteiger charge is 1.99. The number of aromatic nitrogens is 1. The molecule has 0 bridgehead atoms. The molecule has 0 atom stereocenters. The highest BCUT2D eigenvalue weighted by Crippen LogP contribution is 2.11. The minimum absolute atomic E-state index is 0.0210. The molecule has 1 aromatic carbocycles. The van der Waals surface area contributed by atoms with Gasteiger partial charge in [0.25, 0.3) is 5.56 Å². The molecule has 2 rings (SSSR count). The Labute approximate surface area is 113 Å². The monoisotopic (exact) mass is 341 g/mol. The van der Waals surface area contributed by atoms with Gasteiger partial charge < -0.3 is 9.30 Å². The quantitative estimate of drug-likeness (QED) is 0.804. The van der Waals surface area contributed by atoms with Crippen molar-refractivity contribution in [2.45, 2.75) is 6.54 Å². The van der Waals surface area contributed by atoms with Gasteiger partial charge in [-0.25, -0.2) is 0 Å². The number of nitrogens with zero attached hydrogens (tertiary/aromatic N) is 1. The molecule has 0 aliphatic rings. The minimum Gasteiger partial charge on any atom is -0.497 e. The number of methoxy groups -OCH3 is 1. The average Bonchev–Trinajstić information content (AvgIpc) is 2.34. The van der Waals surface area contributed by atoms with E-state index in [0.717, 1.165) is 14.9 Å². The molecule has 2 aromatic rings. The lowest BCUT2D eigenvalue weighted by molar-refractivity contribution is 0.414. The Kier molecular flexibility index (Phi) is 3.83. The Hall–Kier alpha value is -1.30. The summed E-state index contributed by atoms with van der Waals surface area (Å²) in [6, 6.07) is 11.3. The van der Waals surface area contributed by atoms with Crippen molar-refractivity contribution in [3.05, 3.63) is 62.1 Å². The van der Waals surface area contributed by atoms with Crippen molar-refractivity contribution in [3.8, 4) is 5.75 Å². The molecule has 88 valence electrons. The Bertz CT molecular complexity index is 560. The van der Waals surface area contributed by atoms with Gasteiger partial charge in [0.2, 0.25) is 0 Å². The summed E-state index contributed by atoms with van der Waals surface area (Å²) >= 11 is 2.13. The Balaban J connectivity index is 2.22. The maximum Gasteiger partial charge on any atom is 0.251 e. The van der Waals surface area contributed by atoms with E-state index in [1.54, 1.807) is 17.7 Å². The summed E-state index contributed by atoms with van der Waals surface area (Å²) < 4.78 is 7.73. The summed E-state index contributed by atoms with van der Waals surface area (Å²) in [6.45, 7) is 0.583. The lowest BCUT2D eigenvalue weighted by Crippen LogP contribution is -2.19. The molecule has 4 heteroatoms. The smallest absolute Gasteiger partial charge is 0.251 e. The Morgan fingerprint density at radius 2 is 1.94 bits per heavy atom. The zero-order valence-electron chi connectivity index (χ0n) is 9.39. The zero-order chi connectivity index (χ0) is 12.3. The zero-order valence-corrected chi connectivity index (χ0v) is 11.5. The Morgan fingerprint density at radius 3 is 2.53 bits per heavy atom. The van der Waals surface area contributed by atoms with Crippen LogP contribution in [0.2, 0.25) is 0 Å². The first-order valence-electron chi connectivity index (χ1n) is 5.18. The van der Waals surface area contributed by atoms with Crippen LogP contribution in [-0.2, 0) is 6.54 Å². The summed E-state index contributed by atoms with van der Waals surface area (Å²) in [5.41, 5.74) is 1.10. The third-order valence-corrected chi connectivity index (χ3v) is 3.14. The fraction of sp³-hybridized carbons (Fsp3) is 0.154. The molecule has 17 heavy (non-hydrogen) atoms. The second kappa shape index (κ2) is 5.35. The maximum absolute atomic E-state index is 11.7. The fourth-order valence-corrected chi connectivity index (χ4v) is 1.97. The summed E-state index contributed by atoms with van der Waals surface area (Å²) in [5.74, 6) is 0.823. The van der Waals surface area contributed by atoms with Crippen LogP contribution in [0.4, 0.5) is 0 Å². The normalized spacial score (nSPS) is 10.2. The highest BCUT2D eigenvalue weighted by molar-refractivity contribution is 14.1. The van der Waals surface area contributed by atoms with Crippen molar-refractivity contribution in [1.82, 2.24) is 4.57 Å². The molecule has 1 aromatic heterocycles. The first-order chi connectivity index (χ1) is 8.19. The van der Waals surface area contributed by atoms with Crippen LogP contribution in [0.3, 0.4) is 0 Å². The summed E-state index contributed by atoms with van der Waals surface area (Å²) in [7, 11) is 1.64. The predicted octanol–water partition coefficient (Wildman–Crippen LogP) is 2.51. The van der Waals surface area contributed by atoms with E-state index < -0.39 is 0 Å². The van der Waals surface area contributed by atoms with Gasteiger partial charge in [0.05, 0.1) is 13.7 Å². The molecule has 0 aliphatic carbocycles. The summed E-state index contributed by atoms with van der Waals surface area (Å²) in [5, 5.41) is 0. The van der Waals surface area contributed by atoms with Gasteiger partial charge in [-0.2, -0.15) is 0 Å². The van der Waals surface area contributed by atoms with Crippen LogP contribution < -0.4 is 10.3 Å². The van der Waals surface area contributed by atoms with Gasteiger partial charge in [-0.15, -0.1) is 0 Å². The van der Waals surface area contributed by atoms with E-state index in [4.69, 9.17) is 4.74 Å². The summed E-state index contributed by atoms with van der Waals surface area (Å²) in [4.78, 5) is 11.7. The Morgan fingerprint density at radius 1 is 1.24 bits per heavy atom. The molecular formula is C13H12INO2. The van der Waals surface area contributed by atoms with Crippen molar-refractivity contribution in [2.75, 3.05) is 7.11 Å². The second-order valence-corrected chi connectivity index (χ2v) is 4.90. The molecule has 0 N–H and O–H groups in total. The van der Waals surface area contributed by atoms with Crippen molar-refractivity contribution < 1.29 is 4.74 Å². The maximum atomic E-state index is 11.7. The predicted molar refractivity (Wildman–Crippen MR) is 75.5 cm³/mol. The first-order valence-corrected chi connectivity index (χ1v) is 6.26. The number of ether oxygens (including phenoxy) is 1. The van der Waals surface area contributed by atoms with Crippen LogP contribution in [0.25, 0.3) is 0 Å².